The number of fused-ring (bicyclic) bond motifs is 1. The van der Waals surface area contributed by atoms with Crippen molar-refractivity contribution in [3.8, 4) is 11.4 Å². The molecule has 5 rings (SSSR count). The highest BCUT2D eigenvalue weighted by Crippen LogP contribution is 2.38. The molecule has 11 heteroatoms. The number of rotatable bonds is 5. The predicted molar refractivity (Wildman–Crippen MR) is 117 cm³/mol. The third kappa shape index (κ3) is 3.95. The van der Waals surface area contributed by atoms with Gasteiger partial charge in [0.2, 0.25) is 5.95 Å². The number of piperidine rings is 1. The summed E-state index contributed by atoms with van der Waals surface area (Å²) in [5, 5.41) is 27.5. The van der Waals surface area contributed by atoms with Crippen LogP contribution in [0.3, 0.4) is 0 Å². The van der Waals surface area contributed by atoms with Gasteiger partial charge in [0.05, 0.1) is 6.20 Å². The highest BCUT2D eigenvalue weighted by molar-refractivity contribution is 5.62. The van der Waals surface area contributed by atoms with Crippen LogP contribution >= 0.6 is 0 Å². The molecular formula is C21H26FN9O. The second kappa shape index (κ2) is 7.97. The molecule has 3 aromatic rings. The molecule has 2 saturated heterocycles. The lowest BCUT2D eigenvalue weighted by atomic mass is 9.84. The summed E-state index contributed by atoms with van der Waals surface area (Å²) in [7, 11) is 0. The number of hydrogen-bond donors (Lipinski definition) is 3. The molecule has 2 aromatic heterocycles. The molecule has 0 saturated carbocycles. The number of aromatic hydroxyl groups is 1. The van der Waals surface area contributed by atoms with E-state index >= 15 is 0 Å². The van der Waals surface area contributed by atoms with E-state index in [2.05, 4.69) is 54.9 Å². The lowest BCUT2D eigenvalue weighted by Crippen LogP contribution is -2.55. The summed E-state index contributed by atoms with van der Waals surface area (Å²) in [6, 6.07) is 5.51. The average molecular weight is 439 g/mol. The van der Waals surface area contributed by atoms with Gasteiger partial charge in [0.15, 0.2) is 11.6 Å². The van der Waals surface area contributed by atoms with Gasteiger partial charge >= 0.3 is 0 Å². The second-order valence-corrected chi connectivity index (χ2v) is 9.06. The Hall–Kier alpha value is -3.34. The predicted octanol–water partition coefficient (Wildman–Crippen LogP) is 2.86. The maximum Gasteiger partial charge on any atom is 0.229 e. The van der Waals surface area contributed by atoms with Crippen LogP contribution in [-0.4, -0.2) is 64.3 Å². The van der Waals surface area contributed by atoms with E-state index in [0.717, 1.165) is 25.6 Å². The van der Waals surface area contributed by atoms with Gasteiger partial charge in [0.25, 0.3) is 0 Å². The van der Waals surface area contributed by atoms with Crippen molar-refractivity contribution in [2.45, 2.75) is 57.2 Å². The molecule has 1 aromatic carbocycles. The highest BCUT2D eigenvalue weighted by atomic mass is 19.1. The number of aromatic nitrogens is 6. The van der Waals surface area contributed by atoms with E-state index in [0.29, 0.717) is 17.4 Å². The lowest BCUT2D eigenvalue weighted by Gasteiger charge is -2.47. The Kier molecular flexibility index (Phi) is 5.12. The second-order valence-electron chi connectivity index (χ2n) is 9.06. The maximum atomic E-state index is 14.5. The third-order valence-corrected chi connectivity index (χ3v) is 6.37. The first kappa shape index (κ1) is 20.6. The van der Waals surface area contributed by atoms with Crippen LogP contribution in [0.15, 0.2) is 30.7 Å². The Balaban J connectivity index is 1.34. The largest absolute Gasteiger partial charge is 0.506 e. The summed E-state index contributed by atoms with van der Waals surface area (Å²) in [6.07, 6.45) is 6.84. The average Bonchev–Trinajstić information content (AvgIpc) is 3.44. The molecule has 2 fully saturated rings. The molecule has 0 unspecified atom stereocenters. The number of anilines is 3. The van der Waals surface area contributed by atoms with Gasteiger partial charge in [-0.05, 0) is 74.7 Å². The maximum absolute atomic E-state index is 14.5. The summed E-state index contributed by atoms with van der Waals surface area (Å²) < 4.78 is 15.9. The zero-order valence-electron chi connectivity index (χ0n) is 18.0. The van der Waals surface area contributed by atoms with Crippen molar-refractivity contribution in [3.63, 3.8) is 0 Å². The Morgan fingerprint density at radius 2 is 2.16 bits per heavy atom. The first-order chi connectivity index (χ1) is 15.4. The molecule has 0 amide bonds. The molecule has 3 N–H and O–H groups in total. The Bertz CT molecular complexity index is 1100. The molecule has 2 aliphatic rings. The van der Waals surface area contributed by atoms with Crippen LogP contribution in [0.1, 0.15) is 39.5 Å². The van der Waals surface area contributed by atoms with Gasteiger partial charge in [-0.3, -0.25) is 4.90 Å². The Labute approximate surface area is 184 Å². The normalized spacial score (nSPS) is 22.5. The standard InChI is InChI=1S/C21H26FN9O/c1-21(2)10-14(8-15-4-3-7-30(15)21)25-19-16(22)11-23-20(27-19)26-13-5-6-18(32)17(9-13)31-12-24-28-29-31/h5-6,9,11-12,14-15,32H,3-4,7-8,10H2,1-2H3,(H2,23,25,26,27)/t14-,15+/m1/s1. The number of benzene rings is 1. The zero-order valence-corrected chi connectivity index (χ0v) is 18.0. The highest BCUT2D eigenvalue weighted by Gasteiger charge is 2.43. The molecule has 10 nitrogen and oxygen atoms in total. The van der Waals surface area contributed by atoms with Crippen molar-refractivity contribution in [1.29, 1.82) is 0 Å². The minimum atomic E-state index is -0.484. The van der Waals surface area contributed by atoms with Crippen LogP contribution in [-0.2, 0) is 0 Å². The molecule has 0 aliphatic carbocycles. The number of phenolic OH excluding ortho intramolecular Hbond substituents is 1. The summed E-state index contributed by atoms with van der Waals surface area (Å²) in [6.45, 7) is 5.66. The van der Waals surface area contributed by atoms with Crippen molar-refractivity contribution in [3.05, 3.63) is 36.5 Å². The molecule has 0 radical (unpaired) electrons. The van der Waals surface area contributed by atoms with Crippen molar-refractivity contribution >= 4 is 17.5 Å². The molecule has 2 aliphatic heterocycles. The van der Waals surface area contributed by atoms with Crippen LogP contribution in [0.2, 0.25) is 0 Å². The fraction of sp³-hybridized carbons (Fsp3) is 0.476. The number of tetrazole rings is 1. The van der Waals surface area contributed by atoms with Crippen LogP contribution in [0.5, 0.6) is 5.75 Å². The summed E-state index contributed by atoms with van der Waals surface area (Å²) in [4.78, 5) is 11.0. The molecule has 168 valence electrons. The minimum absolute atomic E-state index is 0.0195. The third-order valence-electron chi connectivity index (χ3n) is 6.37. The zero-order chi connectivity index (χ0) is 22.3. The lowest BCUT2D eigenvalue weighted by molar-refractivity contribution is 0.0500. The van der Waals surface area contributed by atoms with Gasteiger partial charge in [-0.25, -0.2) is 9.37 Å². The number of hydrogen-bond acceptors (Lipinski definition) is 9. The summed E-state index contributed by atoms with van der Waals surface area (Å²) >= 11 is 0. The number of nitrogens with one attached hydrogen (secondary N) is 2. The molecule has 0 bridgehead atoms. The monoisotopic (exact) mass is 439 g/mol. The Morgan fingerprint density at radius 1 is 1.28 bits per heavy atom. The van der Waals surface area contributed by atoms with Gasteiger partial charge < -0.3 is 15.7 Å². The fourth-order valence-electron chi connectivity index (χ4n) is 5.03. The first-order valence-corrected chi connectivity index (χ1v) is 10.8. The van der Waals surface area contributed by atoms with E-state index in [1.165, 1.54) is 29.9 Å². The molecule has 32 heavy (non-hydrogen) atoms. The van der Waals surface area contributed by atoms with Gasteiger partial charge in [-0.1, -0.05) is 0 Å². The number of nitrogens with zero attached hydrogens (tertiary/aromatic N) is 7. The fourth-order valence-corrected chi connectivity index (χ4v) is 5.03. The van der Waals surface area contributed by atoms with Gasteiger partial charge in [0, 0.05) is 23.3 Å². The van der Waals surface area contributed by atoms with Gasteiger partial charge in [-0.15, -0.1) is 5.10 Å². The molecular weight excluding hydrogens is 413 g/mol. The first-order valence-electron chi connectivity index (χ1n) is 10.8. The van der Waals surface area contributed by atoms with E-state index in [4.69, 9.17) is 0 Å². The smallest absolute Gasteiger partial charge is 0.229 e. The molecule has 0 spiro atoms. The van der Waals surface area contributed by atoms with Crippen LogP contribution < -0.4 is 10.6 Å². The van der Waals surface area contributed by atoms with Crippen LogP contribution in [0.4, 0.5) is 21.8 Å². The van der Waals surface area contributed by atoms with Gasteiger partial charge in [-0.2, -0.15) is 9.67 Å². The van der Waals surface area contributed by atoms with Crippen molar-refractivity contribution in [2.24, 2.45) is 0 Å². The van der Waals surface area contributed by atoms with E-state index in [1.807, 2.05) is 0 Å². The van der Waals surface area contributed by atoms with E-state index in [-0.39, 0.29) is 29.1 Å². The number of phenols is 1. The topological polar surface area (TPSA) is 117 Å². The Morgan fingerprint density at radius 3 is 2.97 bits per heavy atom. The number of halogens is 1. The SMILES string of the molecule is CC1(C)C[C@H](Nc2nc(Nc3ccc(O)c(-n4cnnn4)c3)ncc2F)C[C@@H]2CCCN21. The van der Waals surface area contributed by atoms with Crippen LogP contribution in [0, 0.1) is 5.82 Å². The van der Waals surface area contributed by atoms with Crippen molar-refractivity contribution in [1.82, 2.24) is 35.1 Å². The molecule has 4 heterocycles. The van der Waals surface area contributed by atoms with Gasteiger partial charge in [0.1, 0.15) is 17.8 Å². The summed E-state index contributed by atoms with van der Waals surface area (Å²) in [5.41, 5.74) is 1.07. The van der Waals surface area contributed by atoms with E-state index in [9.17, 15) is 9.50 Å². The van der Waals surface area contributed by atoms with E-state index in [1.54, 1.807) is 12.1 Å². The van der Waals surface area contributed by atoms with Crippen molar-refractivity contribution < 1.29 is 9.50 Å². The molecule has 2 atom stereocenters. The summed E-state index contributed by atoms with van der Waals surface area (Å²) in [5.74, 6) is -0.0255. The van der Waals surface area contributed by atoms with Crippen molar-refractivity contribution in [2.75, 3.05) is 17.2 Å². The van der Waals surface area contributed by atoms with E-state index < -0.39 is 5.82 Å². The van der Waals surface area contributed by atoms with Crippen LogP contribution in [0.25, 0.3) is 5.69 Å². The minimum Gasteiger partial charge on any atom is -0.506 e. The quantitative estimate of drug-likeness (QED) is 0.516.